The Balaban J connectivity index is 1.89. The molecule has 8 nitrogen and oxygen atoms in total. The number of thiazole rings is 1. The minimum atomic E-state index is -0.756. The molecule has 0 saturated heterocycles. The fourth-order valence-corrected chi connectivity index (χ4v) is 4.18. The van der Waals surface area contributed by atoms with Crippen LogP contribution in [0.4, 0.5) is 8.78 Å². The topological polar surface area (TPSA) is 120 Å². The number of aliphatic hydroxyl groups is 1. The summed E-state index contributed by atoms with van der Waals surface area (Å²) in [6, 6.07) is 9.26. The first-order chi connectivity index (χ1) is 16.5. The summed E-state index contributed by atoms with van der Waals surface area (Å²) in [5.41, 5.74) is 3.48. The number of carbonyl (C=O) groups excluding carboxylic acids is 1. The Bertz CT molecular complexity index is 1150. The van der Waals surface area contributed by atoms with Crippen LogP contribution in [0, 0.1) is 17.0 Å². The van der Waals surface area contributed by atoms with Crippen molar-refractivity contribution in [3.05, 3.63) is 65.9 Å². The maximum Gasteiger partial charge on any atom is 0.252 e. The number of amides is 1. The van der Waals surface area contributed by atoms with Gasteiger partial charge in [-0.15, -0.1) is 11.3 Å². The van der Waals surface area contributed by atoms with Gasteiger partial charge in [-0.2, -0.15) is 5.10 Å². The number of carbonyl (C=O) groups is 1. The largest absolute Gasteiger partial charge is 0.394 e. The summed E-state index contributed by atoms with van der Waals surface area (Å²) in [5.74, 6) is -1.58. The molecule has 0 saturated carbocycles. The van der Waals surface area contributed by atoms with Gasteiger partial charge >= 0.3 is 0 Å². The van der Waals surface area contributed by atoms with Gasteiger partial charge in [0.05, 0.1) is 41.4 Å². The number of aliphatic hydroxyl groups excluding tert-OH is 1. The van der Waals surface area contributed by atoms with Crippen molar-refractivity contribution in [3.8, 4) is 21.0 Å². The number of nitrogens with zero attached hydrogens (tertiary/aromatic N) is 2. The second-order valence-electron chi connectivity index (χ2n) is 7.04. The van der Waals surface area contributed by atoms with Crippen LogP contribution in [-0.4, -0.2) is 60.8 Å². The molecule has 0 spiro atoms. The highest BCUT2D eigenvalue weighted by Crippen LogP contribution is 2.35. The molecule has 34 heavy (non-hydrogen) atoms. The first kappa shape index (κ1) is 25.1. The molecule has 0 bridgehead atoms. The van der Waals surface area contributed by atoms with Gasteiger partial charge in [0.25, 0.3) is 5.91 Å². The molecule has 0 radical (unpaired) electrons. The highest BCUT2D eigenvalue weighted by molar-refractivity contribution is 7.18. The quantitative estimate of drug-likeness (QED) is 0.245. The fraction of sp³-hybridized carbons (Fsp3) is 0.217. The van der Waals surface area contributed by atoms with Crippen LogP contribution >= 0.6 is 11.3 Å². The van der Waals surface area contributed by atoms with E-state index in [2.05, 4.69) is 20.8 Å². The monoisotopic (exact) mass is 487 g/mol. The molecule has 0 aliphatic carbocycles. The van der Waals surface area contributed by atoms with Crippen LogP contribution in [0.15, 0.2) is 53.8 Å². The van der Waals surface area contributed by atoms with Crippen LogP contribution in [0.25, 0.3) is 21.0 Å². The molecular weight excluding hydrogens is 464 g/mol. The zero-order chi connectivity index (χ0) is 24.5. The molecule has 1 unspecified atom stereocenters. The Kier molecular flexibility index (Phi) is 8.91. The van der Waals surface area contributed by atoms with Gasteiger partial charge in [0.1, 0.15) is 22.7 Å². The number of methoxy groups -OCH3 is 1. The van der Waals surface area contributed by atoms with Crippen LogP contribution in [0.5, 0.6) is 0 Å². The minimum Gasteiger partial charge on any atom is -0.394 e. The molecule has 1 aromatic heterocycles. The van der Waals surface area contributed by atoms with E-state index >= 15 is 0 Å². The molecule has 0 aliphatic rings. The lowest BCUT2D eigenvalue weighted by Crippen LogP contribution is -2.50. The zero-order valence-electron chi connectivity index (χ0n) is 18.2. The Morgan fingerprint density at radius 2 is 2.06 bits per heavy atom. The number of aromatic nitrogens is 1. The molecule has 1 amide bonds. The molecule has 0 fully saturated rings. The summed E-state index contributed by atoms with van der Waals surface area (Å²) in [4.78, 5) is 18.1. The van der Waals surface area contributed by atoms with Crippen molar-refractivity contribution in [1.29, 1.82) is 5.41 Å². The minimum absolute atomic E-state index is 0.0323. The third-order valence-electron chi connectivity index (χ3n) is 4.91. The first-order valence-electron chi connectivity index (χ1n) is 10.2. The van der Waals surface area contributed by atoms with Gasteiger partial charge < -0.3 is 26.0 Å². The average molecular weight is 488 g/mol. The molecule has 11 heteroatoms. The molecule has 0 aliphatic heterocycles. The molecular formula is C23H23F2N5O3S. The van der Waals surface area contributed by atoms with Crippen LogP contribution in [0.1, 0.15) is 10.4 Å². The number of nitrogens with one attached hydrogen (secondary N) is 3. The van der Waals surface area contributed by atoms with E-state index in [0.717, 1.165) is 11.8 Å². The molecule has 3 aromatic rings. The predicted molar refractivity (Wildman–Crippen MR) is 127 cm³/mol. The third-order valence-corrected chi connectivity index (χ3v) is 5.97. The predicted octanol–water partition coefficient (Wildman–Crippen LogP) is 3.09. The lowest BCUT2D eigenvalue weighted by atomic mass is 10.0. The standard InChI is InChI=1S/C23H23F2N5O3S/c1-33-19(13-31)18(11-29-28-10-9-26)30-22(32)16-3-2-4-17(25)21(16)23-27-12-20(34-23)14-5-7-15(24)8-6-14/h2-10,12,18-19,26,29,31H,11,13H2,1H3,(H,30,32)/b26-9?,28-10-/t18-,19?/m1/s1. The SMILES string of the molecule is COC(CO)[C@@H](CN/N=C\C=N)NC(=O)c1cccc(F)c1-c1ncc(-c2ccc(F)cc2)s1. The summed E-state index contributed by atoms with van der Waals surface area (Å²) in [7, 11) is 1.39. The van der Waals surface area contributed by atoms with E-state index in [1.807, 2.05) is 0 Å². The van der Waals surface area contributed by atoms with Crippen molar-refractivity contribution in [2.24, 2.45) is 5.10 Å². The Labute approximate surface area is 198 Å². The van der Waals surface area contributed by atoms with Crippen LogP contribution in [0.2, 0.25) is 0 Å². The van der Waals surface area contributed by atoms with Crippen molar-refractivity contribution < 1.29 is 23.4 Å². The molecule has 2 aromatic carbocycles. The van der Waals surface area contributed by atoms with Gasteiger partial charge in [0, 0.05) is 19.5 Å². The summed E-state index contributed by atoms with van der Waals surface area (Å²) >= 11 is 1.17. The number of ether oxygens (including phenoxy) is 1. The summed E-state index contributed by atoms with van der Waals surface area (Å²) in [6.07, 6.45) is 2.98. The van der Waals surface area contributed by atoms with Crippen molar-refractivity contribution in [2.75, 3.05) is 20.3 Å². The lowest BCUT2D eigenvalue weighted by molar-refractivity contribution is 0.0217. The zero-order valence-corrected chi connectivity index (χ0v) is 19.0. The fourth-order valence-electron chi connectivity index (χ4n) is 3.20. The number of benzene rings is 2. The van der Waals surface area contributed by atoms with Crippen molar-refractivity contribution in [2.45, 2.75) is 12.1 Å². The van der Waals surface area contributed by atoms with Gasteiger partial charge in [0.2, 0.25) is 0 Å². The highest BCUT2D eigenvalue weighted by Gasteiger charge is 2.26. The van der Waals surface area contributed by atoms with Crippen molar-refractivity contribution >= 4 is 29.7 Å². The molecule has 1 heterocycles. The van der Waals surface area contributed by atoms with Crippen molar-refractivity contribution in [1.82, 2.24) is 15.7 Å². The molecule has 2 atom stereocenters. The molecule has 4 N–H and O–H groups in total. The van der Waals surface area contributed by atoms with Crippen molar-refractivity contribution in [3.63, 3.8) is 0 Å². The first-order valence-corrected chi connectivity index (χ1v) is 11.0. The summed E-state index contributed by atoms with van der Waals surface area (Å²) in [6.45, 7) is -0.285. The van der Waals surface area contributed by atoms with Crippen LogP contribution in [0.3, 0.4) is 0 Å². The number of halogens is 2. The van der Waals surface area contributed by atoms with Crippen LogP contribution in [-0.2, 0) is 4.74 Å². The van der Waals surface area contributed by atoms with Gasteiger partial charge in [0.15, 0.2) is 0 Å². The number of rotatable bonds is 11. The van der Waals surface area contributed by atoms with E-state index in [1.165, 1.54) is 55.0 Å². The maximum atomic E-state index is 14.9. The van der Waals surface area contributed by atoms with E-state index < -0.39 is 23.9 Å². The van der Waals surface area contributed by atoms with E-state index in [1.54, 1.807) is 18.3 Å². The smallest absolute Gasteiger partial charge is 0.252 e. The van der Waals surface area contributed by atoms with Gasteiger partial charge in [-0.05, 0) is 29.8 Å². The van der Waals surface area contributed by atoms with E-state index in [4.69, 9.17) is 10.1 Å². The molecule has 3 rings (SSSR count). The normalized spacial score (nSPS) is 12.9. The molecule has 178 valence electrons. The Morgan fingerprint density at radius 1 is 1.29 bits per heavy atom. The second-order valence-corrected chi connectivity index (χ2v) is 8.07. The highest BCUT2D eigenvalue weighted by atomic mass is 32.1. The van der Waals surface area contributed by atoms with Gasteiger partial charge in [-0.25, -0.2) is 13.8 Å². The van der Waals surface area contributed by atoms with E-state index in [-0.39, 0.29) is 30.1 Å². The Morgan fingerprint density at radius 3 is 2.74 bits per heavy atom. The Hall–Kier alpha value is -3.54. The number of hydrazone groups is 1. The van der Waals surface area contributed by atoms with Gasteiger partial charge in [-0.3, -0.25) is 4.79 Å². The lowest BCUT2D eigenvalue weighted by Gasteiger charge is -2.25. The average Bonchev–Trinajstić information content (AvgIpc) is 3.32. The van der Waals surface area contributed by atoms with E-state index in [9.17, 15) is 18.7 Å². The van der Waals surface area contributed by atoms with E-state index in [0.29, 0.717) is 9.88 Å². The maximum absolute atomic E-state index is 14.9. The van der Waals surface area contributed by atoms with Crippen LogP contribution < -0.4 is 10.7 Å². The second kappa shape index (κ2) is 12.1. The van der Waals surface area contributed by atoms with Gasteiger partial charge in [-0.1, -0.05) is 18.2 Å². The summed E-state index contributed by atoms with van der Waals surface area (Å²) < 4.78 is 33.4. The third kappa shape index (κ3) is 6.07. The number of hydrogen-bond acceptors (Lipinski definition) is 8. The summed E-state index contributed by atoms with van der Waals surface area (Å²) in [5, 5.41) is 23.4. The number of hydrogen-bond donors (Lipinski definition) is 4.